The molecule has 7 heteroatoms. The minimum Gasteiger partial charge on any atom is -0.311 e. The SMILES string of the molecule is O=C(Cl)[C@@H]1CC(=O)N(c2cccc([N+](=O)[O-])c2)C1. The molecule has 0 bridgehead atoms. The van der Waals surface area contributed by atoms with Gasteiger partial charge in [-0.25, -0.2) is 0 Å². The molecule has 0 aliphatic carbocycles. The zero-order valence-corrected chi connectivity index (χ0v) is 9.96. The Morgan fingerprint density at radius 2 is 2.22 bits per heavy atom. The van der Waals surface area contributed by atoms with Gasteiger partial charge >= 0.3 is 0 Å². The van der Waals surface area contributed by atoms with Crippen LogP contribution in [0.15, 0.2) is 24.3 Å². The van der Waals surface area contributed by atoms with E-state index in [1.807, 2.05) is 0 Å². The van der Waals surface area contributed by atoms with Crippen molar-refractivity contribution in [2.24, 2.45) is 5.92 Å². The summed E-state index contributed by atoms with van der Waals surface area (Å²) in [6.07, 6.45) is 0.0467. The van der Waals surface area contributed by atoms with E-state index in [0.717, 1.165) is 0 Å². The average molecular weight is 269 g/mol. The highest BCUT2D eigenvalue weighted by Gasteiger charge is 2.34. The molecule has 0 spiro atoms. The van der Waals surface area contributed by atoms with E-state index in [2.05, 4.69) is 0 Å². The molecule has 18 heavy (non-hydrogen) atoms. The summed E-state index contributed by atoms with van der Waals surface area (Å²) >= 11 is 5.36. The maximum absolute atomic E-state index is 11.7. The molecule has 1 aromatic rings. The van der Waals surface area contributed by atoms with Gasteiger partial charge in [-0.1, -0.05) is 6.07 Å². The molecule has 1 aliphatic heterocycles. The first kappa shape index (κ1) is 12.5. The molecule has 0 N–H and O–H groups in total. The van der Waals surface area contributed by atoms with Crippen molar-refractivity contribution < 1.29 is 14.5 Å². The fourth-order valence-corrected chi connectivity index (χ4v) is 2.03. The summed E-state index contributed by atoms with van der Waals surface area (Å²) in [5.74, 6) is -0.798. The third kappa shape index (κ3) is 2.33. The van der Waals surface area contributed by atoms with E-state index < -0.39 is 16.1 Å². The molecule has 1 aliphatic rings. The molecule has 1 saturated heterocycles. The van der Waals surface area contributed by atoms with E-state index in [1.54, 1.807) is 6.07 Å². The maximum atomic E-state index is 11.7. The summed E-state index contributed by atoms with van der Waals surface area (Å²) in [6, 6.07) is 5.73. The van der Waals surface area contributed by atoms with Crippen molar-refractivity contribution >= 4 is 34.1 Å². The number of benzene rings is 1. The van der Waals surface area contributed by atoms with Gasteiger partial charge in [0, 0.05) is 25.1 Å². The number of carbonyl (C=O) groups is 2. The minimum atomic E-state index is -0.559. The van der Waals surface area contributed by atoms with E-state index in [0.29, 0.717) is 5.69 Å². The van der Waals surface area contributed by atoms with Crippen LogP contribution < -0.4 is 4.90 Å². The van der Waals surface area contributed by atoms with Crippen LogP contribution in [-0.4, -0.2) is 22.6 Å². The van der Waals surface area contributed by atoms with Crippen molar-refractivity contribution in [2.45, 2.75) is 6.42 Å². The van der Waals surface area contributed by atoms with E-state index in [4.69, 9.17) is 11.6 Å². The highest BCUT2D eigenvalue weighted by molar-refractivity contribution is 6.64. The lowest BCUT2D eigenvalue weighted by molar-refractivity contribution is -0.384. The molecular weight excluding hydrogens is 260 g/mol. The second-order valence-electron chi connectivity index (χ2n) is 3.99. The fraction of sp³-hybridized carbons (Fsp3) is 0.273. The second kappa shape index (κ2) is 4.73. The summed E-state index contributed by atoms with van der Waals surface area (Å²) < 4.78 is 0. The predicted molar refractivity (Wildman–Crippen MR) is 64.4 cm³/mol. The number of halogens is 1. The number of non-ortho nitro benzene ring substituents is 1. The minimum absolute atomic E-state index is 0.0467. The van der Waals surface area contributed by atoms with Crippen LogP contribution in [0.3, 0.4) is 0 Å². The molecular formula is C11H9ClN2O4. The molecule has 0 unspecified atom stereocenters. The average Bonchev–Trinajstić information content (AvgIpc) is 2.72. The van der Waals surface area contributed by atoms with Crippen LogP contribution in [0.5, 0.6) is 0 Å². The molecule has 0 radical (unpaired) electrons. The number of anilines is 1. The first-order chi connectivity index (χ1) is 8.49. The Kier molecular flexibility index (Phi) is 3.29. The molecule has 2 rings (SSSR count). The van der Waals surface area contributed by atoms with Crippen LogP contribution >= 0.6 is 11.6 Å². The predicted octanol–water partition coefficient (Wildman–Crippen LogP) is 1.71. The Bertz CT molecular complexity index is 532. The largest absolute Gasteiger partial charge is 0.311 e. The normalized spacial score (nSPS) is 19.1. The molecule has 0 saturated carbocycles. The Balaban J connectivity index is 2.27. The zero-order chi connectivity index (χ0) is 13.3. The van der Waals surface area contributed by atoms with Crippen molar-refractivity contribution in [1.29, 1.82) is 0 Å². The van der Waals surface area contributed by atoms with Crippen LogP contribution in [0.4, 0.5) is 11.4 Å². The highest BCUT2D eigenvalue weighted by Crippen LogP contribution is 2.28. The third-order valence-corrected chi connectivity index (χ3v) is 3.11. The molecule has 6 nitrogen and oxygen atoms in total. The molecule has 1 heterocycles. The topological polar surface area (TPSA) is 80.5 Å². The van der Waals surface area contributed by atoms with Crippen LogP contribution in [0.2, 0.25) is 0 Å². The number of amides is 1. The van der Waals surface area contributed by atoms with Gasteiger partial charge in [0.1, 0.15) is 0 Å². The Morgan fingerprint density at radius 1 is 1.50 bits per heavy atom. The number of carbonyl (C=O) groups excluding carboxylic acids is 2. The van der Waals surface area contributed by atoms with Crippen molar-refractivity contribution in [1.82, 2.24) is 0 Å². The van der Waals surface area contributed by atoms with E-state index in [1.165, 1.54) is 23.1 Å². The van der Waals surface area contributed by atoms with Crippen LogP contribution in [0, 0.1) is 16.0 Å². The maximum Gasteiger partial charge on any atom is 0.271 e. The molecule has 1 amide bonds. The molecule has 1 atom stereocenters. The van der Waals surface area contributed by atoms with Gasteiger partial charge in [-0.15, -0.1) is 0 Å². The lowest BCUT2D eigenvalue weighted by atomic mass is 10.1. The van der Waals surface area contributed by atoms with Crippen LogP contribution in [0.1, 0.15) is 6.42 Å². The monoisotopic (exact) mass is 268 g/mol. The number of rotatable bonds is 3. The summed E-state index contributed by atoms with van der Waals surface area (Å²) in [4.78, 5) is 34.2. The molecule has 0 aromatic heterocycles. The number of nitro benzene ring substituents is 1. The number of hydrogen-bond acceptors (Lipinski definition) is 4. The quantitative estimate of drug-likeness (QED) is 0.475. The van der Waals surface area contributed by atoms with Crippen molar-refractivity contribution in [3.63, 3.8) is 0 Å². The Labute approximate surface area is 107 Å². The lowest BCUT2D eigenvalue weighted by Crippen LogP contribution is -2.25. The van der Waals surface area contributed by atoms with E-state index in [-0.39, 0.29) is 24.6 Å². The van der Waals surface area contributed by atoms with Gasteiger partial charge in [-0.05, 0) is 17.7 Å². The fourth-order valence-electron chi connectivity index (χ4n) is 1.88. The highest BCUT2D eigenvalue weighted by atomic mass is 35.5. The summed E-state index contributed by atoms with van der Waals surface area (Å²) in [6.45, 7) is 0.169. The Morgan fingerprint density at radius 3 is 2.78 bits per heavy atom. The van der Waals surface area contributed by atoms with Crippen molar-refractivity contribution in [2.75, 3.05) is 11.4 Å². The van der Waals surface area contributed by atoms with Crippen molar-refractivity contribution in [3.05, 3.63) is 34.4 Å². The van der Waals surface area contributed by atoms with Gasteiger partial charge in [0.2, 0.25) is 11.1 Å². The third-order valence-electron chi connectivity index (χ3n) is 2.80. The van der Waals surface area contributed by atoms with Gasteiger partial charge in [0.15, 0.2) is 0 Å². The molecule has 94 valence electrons. The first-order valence-corrected chi connectivity index (χ1v) is 5.61. The lowest BCUT2D eigenvalue weighted by Gasteiger charge is -2.15. The van der Waals surface area contributed by atoms with Gasteiger partial charge in [0.05, 0.1) is 16.5 Å². The van der Waals surface area contributed by atoms with E-state index >= 15 is 0 Å². The summed E-state index contributed by atoms with van der Waals surface area (Å²) in [5.41, 5.74) is 0.315. The van der Waals surface area contributed by atoms with Gasteiger partial charge in [-0.3, -0.25) is 19.7 Å². The summed E-state index contributed by atoms with van der Waals surface area (Å²) in [5, 5.41) is 10.1. The second-order valence-corrected chi connectivity index (χ2v) is 4.36. The molecule has 1 fully saturated rings. The zero-order valence-electron chi connectivity index (χ0n) is 9.21. The Hall–Kier alpha value is -1.95. The standard InChI is InChI=1S/C11H9ClN2O4/c12-11(16)7-4-10(15)13(6-7)8-2-1-3-9(5-8)14(17)18/h1-3,5,7H,4,6H2/t7-/m1/s1. The van der Waals surface area contributed by atoms with Gasteiger partial charge in [0.25, 0.3) is 5.69 Å². The van der Waals surface area contributed by atoms with Crippen molar-refractivity contribution in [3.8, 4) is 0 Å². The van der Waals surface area contributed by atoms with Gasteiger partial charge in [-0.2, -0.15) is 0 Å². The number of nitrogens with zero attached hydrogens (tertiary/aromatic N) is 2. The van der Waals surface area contributed by atoms with Crippen LogP contribution in [0.25, 0.3) is 0 Å². The summed E-state index contributed by atoms with van der Waals surface area (Å²) in [7, 11) is 0. The molecule has 1 aromatic carbocycles. The van der Waals surface area contributed by atoms with E-state index in [9.17, 15) is 19.7 Å². The smallest absolute Gasteiger partial charge is 0.271 e. The first-order valence-electron chi connectivity index (χ1n) is 5.23. The number of nitro groups is 1. The van der Waals surface area contributed by atoms with Crippen LogP contribution in [-0.2, 0) is 9.59 Å². The number of hydrogen-bond donors (Lipinski definition) is 0. The van der Waals surface area contributed by atoms with Gasteiger partial charge < -0.3 is 4.90 Å².